The van der Waals surface area contributed by atoms with Gasteiger partial charge in [-0.3, -0.25) is 0 Å². The van der Waals surface area contributed by atoms with Crippen LogP contribution in [-0.4, -0.2) is 14.5 Å². The highest BCUT2D eigenvalue weighted by Gasteiger charge is 2.31. The highest BCUT2D eigenvalue weighted by atomic mass is 79.9. The molecule has 1 aromatic rings. The molecule has 19 heavy (non-hydrogen) atoms. The van der Waals surface area contributed by atoms with E-state index in [0.717, 1.165) is 19.3 Å². The minimum Gasteiger partial charge on any atom is -0.208 e. The van der Waals surface area contributed by atoms with Gasteiger partial charge in [-0.1, -0.05) is 32.4 Å². The molecule has 1 aliphatic carbocycles. The summed E-state index contributed by atoms with van der Waals surface area (Å²) in [6.45, 7) is 4.40. The predicted octanol–water partition coefficient (Wildman–Crippen LogP) is 3.70. The highest BCUT2D eigenvalue weighted by molar-refractivity contribution is 9.10. The first kappa shape index (κ1) is 15.0. The maximum atomic E-state index is 12.4. The fraction of sp³-hybridized carbons (Fsp3) is 0.571. The lowest BCUT2D eigenvalue weighted by Gasteiger charge is -2.35. The molecule has 0 saturated heterocycles. The third-order valence-electron chi connectivity index (χ3n) is 3.65. The minimum atomic E-state index is -3.44. The second-order valence-electron chi connectivity index (χ2n) is 6.01. The Labute approximate surface area is 124 Å². The second kappa shape index (κ2) is 5.54. The van der Waals surface area contributed by atoms with Crippen LogP contribution in [0.4, 0.5) is 0 Å². The summed E-state index contributed by atoms with van der Waals surface area (Å²) in [6.07, 6.45) is 4.07. The fourth-order valence-corrected chi connectivity index (χ4v) is 5.02. The Kier molecular flexibility index (Phi) is 4.38. The van der Waals surface area contributed by atoms with Crippen LogP contribution in [0.15, 0.2) is 33.6 Å². The van der Waals surface area contributed by atoms with Gasteiger partial charge in [-0.2, -0.15) is 0 Å². The van der Waals surface area contributed by atoms with E-state index in [1.54, 1.807) is 18.2 Å². The first-order chi connectivity index (χ1) is 8.80. The van der Waals surface area contributed by atoms with Gasteiger partial charge in [0, 0.05) is 10.5 Å². The van der Waals surface area contributed by atoms with Crippen LogP contribution in [0.2, 0.25) is 0 Å². The zero-order valence-corrected chi connectivity index (χ0v) is 13.7. The quantitative estimate of drug-likeness (QED) is 0.907. The van der Waals surface area contributed by atoms with Gasteiger partial charge in [0.25, 0.3) is 0 Å². The minimum absolute atomic E-state index is 0.0425. The number of benzene rings is 1. The molecule has 0 amide bonds. The van der Waals surface area contributed by atoms with Crippen LogP contribution < -0.4 is 4.72 Å². The average Bonchev–Trinajstić information content (AvgIpc) is 2.27. The topological polar surface area (TPSA) is 46.2 Å². The lowest BCUT2D eigenvalue weighted by molar-refractivity contribution is 0.212. The molecule has 0 spiro atoms. The van der Waals surface area contributed by atoms with Crippen molar-refractivity contribution in [3.63, 3.8) is 0 Å². The van der Waals surface area contributed by atoms with E-state index in [0.29, 0.717) is 9.37 Å². The van der Waals surface area contributed by atoms with E-state index in [2.05, 4.69) is 34.5 Å². The van der Waals surface area contributed by atoms with E-state index in [4.69, 9.17) is 0 Å². The third kappa shape index (κ3) is 3.80. The summed E-state index contributed by atoms with van der Waals surface area (Å²) in [5, 5.41) is 0. The molecule has 5 heteroatoms. The molecule has 1 aromatic carbocycles. The molecule has 1 unspecified atom stereocenters. The highest BCUT2D eigenvalue weighted by Crippen LogP contribution is 2.35. The van der Waals surface area contributed by atoms with E-state index in [1.807, 2.05) is 6.07 Å². The molecule has 0 bridgehead atoms. The third-order valence-corrected chi connectivity index (χ3v) is 6.19. The lowest BCUT2D eigenvalue weighted by atomic mass is 9.75. The van der Waals surface area contributed by atoms with Crippen molar-refractivity contribution in [3.05, 3.63) is 28.7 Å². The molecule has 1 aliphatic rings. The number of rotatable bonds is 3. The van der Waals surface area contributed by atoms with Crippen LogP contribution in [0.3, 0.4) is 0 Å². The van der Waals surface area contributed by atoms with Crippen molar-refractivity contribution >= 4 is 26.0 Å². The fourth-order valence-electron chi connectivity index (χ4n) is 2.74. The summed E-state index contributed by atoms with van der Waals surface area (Å²) in [5.41, 5.74) is 0.222. The zero-order chi connectivity index (χ0) is 14.1. The van der Waals surface area contributed by atoms with Crippen LogP contribution >= 0.6 is 15.9 Å². The van der Waals surface area contributed by atoms with E-state index in [-0.39, 0.29) is 11.5 Å². The molecule has 1 atom stereocenters. The number of nitrogens with one attached hydrogen (secondary N) is 1. The van der Waals surface area contributed by atoms with E-state index in [9.17, 15) is 8.42 Å². The molecule has 106 valence electrons. The van der Waals surface area contributed by atoms with Crippen molar-refractivity contribution in [2.75, 3.05) is 0 Å². The van der Waals surface area contributed by atoms with Crippen LogP contribution in [0.1, 0.15) is 39.5 Å². The Morgan fingerprint density at radius 3 is 2.63 bits per heavy atom. The van der Waals surface area contributed by atoms with Crippen molar-refractivity contribution < 1.29 is 8.42 Å². The molecule has 3 nitrogen and oxygen atoms in total. The molecule has 0 aromatic heterocycles. The molecular weight excluding hydrogens is 326 g/mol. The van der Waals surface area contributed by atoms with Crippen LogP contribution in [-0.2, 0) is 10.0 Å². The summed E-state index contributed by atoms with van der Waals surface area (Å²) >= 11 is 3.30. The standard InChI is InChI=1S/C14H20BrNO2S/c1-14(2)9-5-6-11(10-14)16-19(17,18)13-8-4-3-7-12(13)15/h3-4,7-8,11,16H,5-6,9-10H2,1-2H3. The predicted molar refractivity (Wildman–Crippen MR) is 80.5 cm³/mol. The molecular formula is C14H20BrNO2S. The van der Waals surface area contributed by atoms with Crippen molar-refractivity contribution in [1.29, 1.82) is 0 Å². The van der Waals surface area contributed by atoms with Crippen molar-refractivity contribution in [2.45, 2.75) is 50.5 Å². The van der Waals surface area contributed by atoms with Gasteiger partial charge in [0.1, 0.15) is 0 Å². The Bertz CT molecular complexity index is 554. The van der Waals surface area contributed by atoms with E-state index >= 15 is 0 Å². The van der Waals surface area contributed by atoms with Crippen LogP contribution in [0, 0.1) is 5.41 Å². The molecule has 2 rings (SSSR count). The molecule has 1 N–H and O–H groups in total. The van der Waals surface area contributed by atoms with Gasteiger partial charge in [0.15, 0.2) is 0 Å². The number of sulfonamides is 1. The monoisotopic (exact) mass is 345 g/mol. The summed E-state index contributed by atoms with van der Waals surface area (Å²) in [6, 6.07) is 6.97. The molecule has 0 radical (unpaired) electrons. The Morgan fingerprint density at radius 1 is 1.32 bits per heavy atom. The van der Waals surface area contributed by atoms with Gasteiger partial charge in [0.2, 0.25) is 10.0 Å². The number of halogens is 1. The van der Waals surface area contributed by atoms with E-state index in [1.165, 1.54) is 6.42 Å². The van der Waals surface area contributed by atoms with Crippen LogP contribution in [0.5, 0.6) is 0 Å². The summed E-state index contributed by atoms with van der Waals surface area (Å²) in [4.78, 5) is 0.318. The van der Waals surface area contributed by atoms with Gasteiger partial charge in [-0.15, -0.1) is 0 Å². The molecule has 1 saturated carbocycles. The largest absolute Gasteiger partial charge is 0.241 e. The zero-order valence-electron chi connectivity index (χ0n) is 11.3. The first-order valence-corrected chi connectivity index (χ1v) is 8.85. The molecule has 1 fully saturated rings. The normalized spacial score (nSPS) is 23.2. The van der Waals surface area contributed by atoms with E-state index < -0.39 is 10.0 Å². The van der Waals surface area contributed by atoms with Gasteiger partial charge in [-0.25, -0.2) is 13.1 Å². The maximum absolute atomic E-state index is 12.4. The van der Waals surface area contributed by atoms with Crippen molar-refractivity contribution in [3.8, 4) is 0 Å². The Hall–Kier alpha value is -0.390. The van der Waals surface area contributed by atoms with Gasteiger partial charge >= 0.3 is 0 Å². The summed E-state index contributed by atoms with van der Waals surface area (Å²) < 4.78 is 28.2. The Morgan fingerprint density at radius 2 is 2.00 bits per heavy atom. The Balaban J connectivity index is 2.16. The summed E-state index contributed by atoms with van der Waals surface area (Å²) in [7, 11) is -3.44. The number of hydrogen-bond acceptors (Lipinski definition) is 2. The lowest BCUT2D eigenvalue weighted by Crippen LogP contribution is -2.40. The molecule has 0 heterocycles. The van der Waals surface area contributed by atoms with Crippen molar-refractivity contribution in [2.24, 2.45) is 5.41 Å². The number of hydrogen-bond donors (Lipinski definition) is 1. The second-order valence-corrected chi connectivity index (χ2v) is 8.55. The SMILES string of the molecule is CC1(C)CCCC(NS(=O)(=O)c2ccccc2Br)C1. The van der Waals surface area contributed by atoms with Gasteiger partial charge in [0.05, 0.1) is 4.90 Å². The average molecular weight is 346 g/mol. The smallest absolute Gasteiger partial charge is 0.208 e. The molecule has 0 aliphatic heterocycles. The van der Waals surface area contributed by atoms with Crippen molar-refractivity contribution in [1.82, 2.24) is 4.72 Å². The maximum Gasteiger partial charge on any atom is 0.241 e. The van der Waals surface area contributed by atoms with Gasteiger partial charge in [-0.05, 0) is 52.7 Å². The van der Waals surface area contributed by atoms with Gasteiger partial charge < -0.3 is 0 Å². The van der Waals surface area contributed by atoms with Crippen LogP contribution in [0.25, 0.3) is 0 Å². The summed E-state index contributed by atoms with van der Waals surface area (Å²) in [5.74, 6) is 0. The first-order valence-electron chi connectivity index (χ1n) is 6.57.